The molecule has 0 spiro atoms. The highest BCUT2D eigenvalue weighted by Gasteiger charge is 2.47. The molecule has 4 rings (SSSR count). The lowest BCUT2D eigenvalue weighted by Gasteiger charge is -2.26. The maximum atomic E-state index is 13.2. The number of carbonyl (C=O) groups excluding carboxylic acids is 2. The number of Topliss-reactive ketones (excluding diaryl/α,β-unsaturated/α-hetero) is 1. The molecule has 33 heavy (non-hydrogen) atoms. The third-order valence-electron chi connectivity index (χ3n) is 5.45. The molecule has 1 saturated heterocycles. The van der Waals surface area contributed by atoms with E-state index in [0.29, 0.717) is 40.1 Å². The van der Waals surface area contributed by atoms with E-state index in [4.69, 9.17) is 16.3 Å². The van der Waals surface area contributed by atoms with Crippen molar-refractivity contribution in [2.45, 2.75) is 26.8 Å². The summed E-state index contributed by atoms with van der Waals surface area (Å²) in [7, 11) is 0. The van der Waals surface area contributed by atoms with Gasteiger partial charge in [0.05, 0.1) is 12.2 Å². The van der Waals surface area contributed by atoms with Crippen molar-refractivity contribution in [1.29, 1.82) is 0 Å². The maximum absolute atomic E-state index is 13.2. The number of anilines is 1. The van der Waals surface area contributed by atoms with Gasteiger partial charge in [-0.3, -0.25) is 14.5 Å². The van der Waals surface area contributed by atoms with Crippen molar-refractivity contribution in [2.75, 3.05) is 11.5 Å². The van der Waals surface area contributed by atoms with Crippen LogP contribution in [0.2, 0.25) is 5.02 Å². The lowest BCUT2D eigenvalue weighted by atomic mass is 9.99. The van der Waals surface area contributed by atoms with Crippen molar-refractivity contribution in [3.8, 4) is 5.75 Å². The van der Waals surface area contributed by atoms with Crippen molar-refractivity contribution < 1.29 is 19.4 Å². The second-order valence-corrected chi connectivity index (χ2v) is 9.69. The van der Waals surface area contributed by atoms with E-state index in [1.54, 1.807) is 49.4 Å². The number of carbonyl (C=O) groups is 2. The largest absolute Gasteiger partial charge is 0.507 e. The molecule has 1 fully saturated rings. The zero-order chi connectivity index (χ0) is 23.7. The topological polar surface area (TPSA) is 66.8 Å². The average molecular weight is 482 g/mol. The summed E-state index contributed by atoms with van der Waals surface area (Å²) in [4.78, 5) is 28.7. The number of aliphatic hydroxyl groups excluding tert-OH is 1. The fourth-order valence-corrected chi connectivity index (χ4v) is 4.80. The first kappa shape index (κ1) is 23.1. The van der Waals surface area contributed by atoms with Crippen LogP contribution in [-0.2, 0) is 9.59 Å². The van der Waals surface area contributed by atoms with Gasteiger partial charge in [0.15, 0.2) is 0 Å². The molecule has 7 heteroatoms. The summed E-state index contributed by atoms with van der Waals surface area (Å²) in [5.41, 5.74) is 1.68. The van der Waals surface area contributed by atoms with Gasteiger partial charge in [-0.25, -0.2) is 0 Å². The van der Waals surface area contributed by atoms with E-state index in [2.05, 4.69) is 0 Å². The number of ketones is 1. The van der Waals surface area contributed by atoms with Gasteiger partial charge < -0.3 is 9.84 Å². The summed E-state index contributed by atoms with van der Waals surface area (Å²) < 4.78 is 5.78. The smallest absolute Gasteiger partial charge is 0.300 e. The Morgan fingerprint density at radius 3 is 2.61 bits per heavy atom. The number of ether oxygens (including phenoxy) is 1. The molecule has 1 aliphatic rings. The lowest BCUT2D eigenvalue weighted by Crippen LogP contribution is -2.29. The maximum Gasteiger partial charge on any atom is 0.300 e. The SMILES string of the molecule is Cc1c(Cl)cccc1N1C(=O)C(=O)/C(=C(\O)c2cccc(OCC(C)C)c2)C1c1cccs1. The minimum atomic E-state index is -0.762. The summed E-state index contributed by atoms with van der Waals surface area (Å²) in [6.07, 6.45) is 0. The van der Waals surface area contributed by atoms with Crippen LogP contribution in [0.4, 0.5) is 5.69 Å². The zero-order valence-corrected chi connectivity index (χ0v) is 20.1. The fraction of sp³-hybridized carbons (Fsp3) is 0.231. The molecule has 0 saturated carbocycles. The van der Waals surface area contributed by atoms with Gasteiger partial charge in [0, 0.05) is 21.2 Å². The normalized spacial score (nSPS) is 17.7. The summed E-state index contributed by atoms with van der Waals surface area (Å²) in [5, 5.41) is 13.6. The van der Waals surface area contributed by atoms with E-state index in [-0.39, 0.29) is 11.3 Å². The average Bonchev–Trinajstić information content (AvgIpc) is 3.41. The molecule has 1 aromatic heterocycles. The summed E-state index contributed by atoms with van der Waals surface area (Å²) >= 11 is 7.73. The number of nitrogens with zero attached hydrogens (tertiary/aromatic N) is 1. The Hall–Kier alpha value is -3.09. The van der Waals surface area contributed by atoms with E-state index in [1.807, 2.05) is 31.4 Å². The van der Waals surface area contributed by atoms with Crippen LogP contribution in [0.5, 0.6) is 5.75 Å². The number of benzene rings is 2. The van der Waals surface area contributed by atoms with Gasteiger partial charge in [-0.05, 0) is 54.1 Å². The Morgan fingerprint density at radius 2 is 1.91 bits per heavy atom. The zero-order valence-electron chi connectivity index (χ0n) is 18.5. The van der Waals surface area contributed by atoms with Crippen LogP contribution in [0.3, 0.4) is 0 Å². The van der Waals surface area contributed by atoms with Gasteiger partial charge in [0.25, 0.3) is 11.7 Å². The van der Waals surface area contributed by atoms with Crippen LogP contribution in [-0.4, -0.2) is 23.4 Å². The van der Waals surface area contributed by atoms with Gasteiger partial charge in [-0.15, -0.1) is 11.3 Å². The standard InChI is InChI=1S/C26H24ClNO4S/c1-15(2)14-32-18-8-4-7-17(13-18)24(29)22-23(21-11-6-12-33-21)28(26(31)25(22)30)20-10-5-9-19(27)16(20)3/h4-13,15,23,29H,14H2,1-3H3/b24-22-. The molecule has 2 aromatic carbocycles. The summed E-state index contributed by atoms with van der Waals surface area (Å²) in [6.45, 7) is 6.42. The quantitative estimate of drug-likeness (QED) is 0.252. The van der Waals surface area contributed by atoms with E-state index in [9.17, 15) is 14.7 Å². The predicted octanol–water partition coefficient (Wildman–Crippen LogP) is 6.37. The number of halogens is 1. The molecule has 1 atom stereocenters. The third-order valence-corrected chi connectivity index (χ3v) is 6.78. The van der Waals surface area contributed by atoms with Crippen LogP contribution in [0.25, 0.3) is 5.76 Å². The van der Waals surface area contributed by atoms with Crippen molar-refractivity contribution in [3.05, 3.63) is 86.6 Å². The van der Waals surface area contributed by atoms with Crippen molar-refractivity contribution >= 4 is 46.1 Å². The van der Waals surface area contributed by atoms with Gasteiger partial charge in [-0.2, -0.15) is 0 Å². The first-order valence-corrected chi connectivity index (χ1v) is 11.9. The van der Waals surface area contributed by atoms with Crippen LogP contribution in [0.1, 0.15) is 35.9 Å². The fourth-order valence-electron chi connectivity index (χ4n) is 3.81. The highest BCUT2D eigenvalue weighted by molar-refractivity contribution is 7.10. The molecule has 5 nitrogen and oxygen atoms in total. The Bertz CT molecular complexity index is 1230. The minimum absolute atomic E-state index is 0.0443. The highest BCUT2D eigenvalue weighted by atomic mass is 35.5. The Labute approximate surface area is 201 Å². The van der Waals surface area contributed by atoms with Crippen LogP contribution in [0, 0.1) is 12.8 Å². The molecule has 3 aromatic rings. The molecular weight excluding hydrogens is 458 g/mol. The molecule has 0 radical (unpaired) electrons. The van der Waals surface area contributed by atoms with Gasteiger partial charge in [0.1, 0.15) is 17.6 Å². The van der Waals surface area contributed by atoms with Crippen molar-refractivity contribution in [2.24, 2.45) is 5.92 Å². The number of hydrogen-bond donors (Lipinski definition) is 1. The lowest BCUT2D eigenvalue weighted by molar-refractivity contribution is -0.132. The molecule has 0 bridgehead atoms. The Morgan fingerprint density at radius 1 is 1.15 bits per heavy atom. The van der Waals surface area contributed by atoms with Crippen LogP contribution < -0.4 is 9.64 Å². The minimum Gasteiger partial charge on any atom is -0.507 e. The molecule has 1 amide bonds. The summed E-state index contributed by atoms with van der Waals surface area (Å²) in [5.74, 6) is -0.747. The predicted molar refractivity (Wildman–Crippen MR) is 132 cm³/mol. The summed E-state index contributed by atoms with van der Waals surface area (Å²) in [6, 6.07) is 15.1. The second-order valence-electron chi connectivity index (χ2n) is 8.30. The highest BCUT2D eigenvalue weighted by Crippen LogP contribution is 2.45. The molecule has 2 heterocycles. The van der Waals surface area contributed by atoms with Crippen molar-refractivity contribution in [1.82, 2.24) is 0 Å². The van der Waals surface area contributed by atoms with Crippen LogP contribution in [0.15, 0.2) is 65.6 Å². The first-order valence-electron chi connectivity index (χ1n) is 10.6. The number of thiophene rings is 1. The molecular formula is C26H24ClNO4S. The number of aliphatic hydroxyl groups is 1. The second kappa shape index (κ2) is 9.41. The molecule has 170 valence electrons. The van der Waals surface area contributed by atoms with E-state index < -0.39 is 17.7 Å². The monoisotopic (exact) mass is 481 g/mol. The number of amides is 1. The number of hydrogen-bond acceptors (Lipinski definition) is 5. The van der Waals surface area contributed by atoms with E-state index in [1.165, 1.54) is 16.2 Å². The Kier molecular flexibility index (Phi) is 6.58. The molecule has 0 aliphatic carbocycles. The van der Waals surface area contributed by atoms with Gasteiger partial charge in [-0.1, -0.05) is 49.7 Å². The molecule has 1 unspecified atom stereocenters. The molecule has 1 aliphatic heterocycles. The van der Waals surface area contributed by atoms with E-state index in [0.717, 1.165) is 4.88 Å². The number of rotatable bonds is 6. The Balaban J connectivity index is 1.86. The molecule has 1 N–H and O–H groups in total. The third kappa shape index (κ3) is 4.41. The van der Waals surface area contributed by atoms with E-state index >= 15 is 0 Å². The van der Waals surface area contributed by atoms with Crippen LogP contribution >= 0.6 is 22.9 Å². The first-order chi connectivity index (χ1) is 15.8. The van der Waals surface area contributed by atoms with Crippen molar-refractivity contribution in [3.63, 3.8) is 0 Å². The van der Waals surface area contributed by atoms with Gasteiger partial charge in [0.2, 0.25) is 0 Å². The van der Waals surface area contributed by atoms with Gasteiger partial charge >= 0.3 is 0 Å².